The number of benzene rings is 1. The average Bonchev–Trinajstić information content (AvgIpc) is 3.10. The van der Waals surface area contributed by atoms with Crippen LogP contribution in [0, 0.1) is 17.2 Å². The third-order valence-corrected chi connectivity index (χ3v) is 4.33. The second-order valence-electron chi connectivity index (χ2n) is 5.82. The summed E-state index contributed by atoms with van der Waals surface area (Å²) in [6.07, 6.45) is 2.53. The summed E-state index contributed by atoms with van der Waals surface area (Å²) in [5.41, 5.74) is 1.05. The van der Waals surface area contributed by atoms with Gasteiger partial charge in [0, 0.05) is 18.2 Å². The summed E-state index contributed by atoms with van der Waals surface area (Å²) in [6, 6.07) is 4.07. The summed E-state index contributed by atoms with van der Waals surface area (Å²) in [6.45, 7) is 7.39. The lowest BCUT2D eigenvalue weighted by molar-refractivity contribution is 0.322. The summed E-state index contributed by atoms with van der Waals surface area (Å²) in [5, 5.41) is 13.2. The molecule has 0 radical (unpaired) electrons. The zero-order chi connectivity index (χ0) is 13.3. The molecule has 1 fully saturated rings. The van der Waals surface area contributed by atoms with E-state index < -0.39 is 0 Å². The zero-order valence-electron chi connectivity index (χ0n) is 11.3. The standard InChI is InChI=1S/C15H22FNO/c1-10(2)15(6-7-15)9-17-11(3)13-8-12(16)4-5-14(13)18/h4-5,8,10-11,17-18H,6-7,9H2,1-3H3. The van der Waals surface area contributed by atoms with E-state index in [4.69, 9.17) is 0 Å². The highest BCUT2D eigenvalue weighted by Gasteiger charge is 2.44. The van der Waals surface area contributed by atoms with Gasteiger partial charge in [-0.2, -0.15) is 0 Å². The highest BCUT2D eigenvalue weighted by Crippen LogP contribution is 2.51. The van der Waals surface area contributed by atoms with Gasteiger partial charge >= 0.3 is 0 Å². The largest absolute Gasteiger partial charge is 0.508 e. The molecule has 1 aromatic carbocycles. The van der Waals surface area contributed by atoms with Gasteiger partial charge in [-0.1, -0.05) is 13.8 Å². The molecule has 0 bridgehead atoms. The van der Waals surface area contributed by atoms with Crippen molar-refractivity contribution < 1.29 is 9.50 Å². The van der Waals surface area contributed by atoms with Crippen LogP contribution in [0.25, 0.3) is 0 Å². The fourth-order valence-corrected chi connectivity index (χ4v) is 2.46. The fourth-order valence-electron chi connectivity index (χ4n) is 2.46. The fraction of sp³-hybridized carbons (Fsp3) is 0.600. The number of phenols is 1. The highest BCUT2D eigenvalue weighted by molar-refractivity contribution is 5.34. The minimum absolute atomic E-state index is 0.0306. The maximum atomic E-state index is 13.2. The van der Waals surface area contributed by atoms with Crippen LogP contribution in [0.3, 0.4) is 0 Å². The Hall–Kier alpha value is -1.09. The molecule has 0 amide bonds. The summed E-state index contributed by atoms with van der Waals surface area (Å²) in [5.74, 6) is 0.519. The molecule has 18 heavy (non-hydrogen) atoms. The van der Waals surface area contributed by atoms with Crippen LogP contribution in [0.15, 0.2) is 18.2 Å². The number of phenolic OH excluding ortho intramolecular Hbond substituents is 1. The maximum Gasteiger partial charge on any atom is 0.123 e. The molecule has 0 aliphatic heterocycles. The van der Waals surface area contributed by atoms with Crippen molar-refractivity contribution in [2.24, 2.45) is 11.3 Å². The topological polar surface area (TPSA) is 32.3 Å². The van der Waals surface area contributed by atoms with Gasteiger partial charge in [0.2, 0.25) is 0 Å². The van der Waals surface area contributed by atoms with Gasteiger partial charge in [-0.05, 0) is 49.3 Å². The number of aromatic hydroxyl groups is 1. The molecule has 1 atom stereocenters. The molecular weight excluding hydrogens is 229 g/mol. The first kappa shape index (κ1) is 13.3. The molecule has 1 saturated carbocycles. The molecule has 0 heterocycles. The number of nitrogens with one attached hydrogen (secondary N) is 1. The van der Waals surface area contributed by atoms with Gasteiger partial charge in [-0.15, -0.1) is 0 Å². The van der Waals surface area contributed by atoms with Crippen molar-refractivity contribution in [1.29, 1.82) is 0 Å². The highest BCUT2D eigenvalue weighted by atomic mass is 19.1. The zero-order valence-corrected chi connectivity index (χ0v) is 11.3. The molecule has 2 nitrogen and oxygen atoms in total. The van der Waals surface area contributed by atoms with E-state index in [9.17, 15) is 9.50 Å². The van der Waals surface area contributed by atoms with Gasteiger partial charge in [0.05, 0.1) is 0 Å². The maximum absolute atomic E-state index is 13.2. The van der Waals surface area contributed by atoms with Crippen LogP contribution < -0.4 is 5.32 Å². The smallest absolute Gasteiger partial charge is 0.123 e. The van der Waals surface area contributed by atoms with E-state index >= 15 is 0 Å². The van der Waals surface area contributed by atoms with E-state index in [1.165, 1.54) is 31.0 Å². The molecule has 1 aliphatic carbocycles. The molecule has 2 N–H and O–H groups in total. The SMILES string of the molecule is CC(NCC1(C(C)C)CC1)c1cc(F)ccc1O. The summed E-state index contributed by atoms with van der Waals surface area (Å²) < 4.78 is 13.2. The van der Waals surface area contributed by atoms with Gasteiger partial charge in [-0.3, -0.25) is 0 Å². The molecule has 3 heteroatoms. The van der Waals surface area contributed by atoms with Crippen molar-refractivity contribution >= 4 is 0 Å². The van der Waals surface area contributed by atoms with Crippen LogP contribution in [0.2, 0.25) is 0 Å². The van der Waals surface area contributed by atoms with E-state index in [0.717, 1.165) is 6.54 Å². The Morgan fingerprint density at radius 1 is 1.33 bits per heavy atom. The van der Waals surface area contributed by atoms with Crippen molar-refractivity contribution in [3.8, 4) is 5.75 Å². The van der Waals surface area contributed by atoms with Crippen molar-refractivity contribution in [3.63, 3.8) is 0 Å². The Labute approximate surface area is 108 Å². The van der Waals surface area contributed by atoms with Crippen LogP contribution in [0.1, 0.15) is 45.2 Å². The second-order valence-corrected chi connectivity index (χ2v) is 5.82. The third-order valence-electron chi connectivity index (χ3n) is 4.33. The van der Waals surface area contributed by atoms with E-state index in [1.54, 1.807) is 0 Å². The van der Waals surface area contributed by atoms with Crippen LogP contribution in [-0.4, -0.2) is 11.7 Å². The lowest BCUT2D eigenvalue weighted by Crippen LogP contribution is -2.29. The lowest BCUT2D eigenvalue weighted by atomic mass is 9.92. The summed E-state index contributed by atoms with van der Waals surface area (Å²) in [4.78, 5) is 0. The predicted octanol–water partition coefficient (Wildman–Crippen LogP) is 3.62. The van der Waals surface area contributed by atoms with E-state index in [1.807, 2.05) is 6.92 Å². The molecule has 2 rings (SSSR count). The summed E-state index contributed by atoms with van der Waals surface area (Å²) >= 11 is 0. The molecule has 1 unspecified atom stereocenters. The van der Waals surface area contributed by atoms with E-state index in [0.29, 0.717) is 16.9 Å². The minimum Gasteiger partial charge on any atom is -0.508 e. The van der Waals surface area contributed by atoms with Crippen LogP contribution in [-0.2, 0) is 0 Å². The molecule has 0 saturated heterocycles. The molecule has 0 spiro atoms. The predicted molar refractivity (Wildman–Crippen MR) is 71.0 cm³/mol. The normalized spacial score (nSPS) is 18.9. The number of halogens is 1. The molecule has 100 valence electrons. The lowest BCUT2D eigenvalue weighted by Gasteiger charge is -2.23. The van der Waals surface area contributed by atoms with Crippen LogP contribution in [0.5, 0.6) is 5.75 Å². The first-order valence-corrected chi connectivity index (χ1v) is 6.66. The first-order chi connectivity index (χ1) is 8.44. The van der Waals surface area contributed by atoms with Crippen LogP contribution in [0.4, 0.5) is 4.39 Å². The second kappa shape index (κ2) is 4.88. The Balaban J connectivity index is 2.00. The Morgan fingerprint density at radius 2 is 2.00 bits per heavy atom. The number of rotatable bonds is 5. The Bertz CT molecular complexity index is 427. The van der Waals surface area contributed by atoms with Gasteiger partial charge in [0.25, 0.3) is 0 Å². The molecule has 0 aromatic heterocycles. The molecule has 1 aliphatic rings. The van der Waals surface area contributed by atoms with Gasteiger partial charge < -0.3 is 10.4 Å². The average molecular weight is 251 g/mol. The summed E-state index contributed by atoms with van der Waals surface area (Å²) in [7, 11) is 0. The van der Waals surface area contributed by atoms with E-state index in [2.05, 4.69) is 19.2 Å². The third kappa shape index (κ3) is 2.66. The van der Waals surface area contributed by atoms with Crippen molar-refractivity contribution in [1.82, 2.24) is 5.32 Å². The number of hydrogen-bond donors (Lipinski definition) is 2. The quantitative estimate of drug-likeness (QED) is 0.837. The molecular formula is C15H22FNO. The Morgan fingerprint density at radius 3 is 2.56 bits per heavy atom. The first-order valence-electron chi connectivity index (χ1n) is 6.66. The van der Waals surface area contributed by atoms with Gasteiger partial charge in [-0.25, -0.2) is 4.39 Å². The van der Waals surface area contributed by atoms with Gasteiger partial charge in [0.15, 0.2) is 0 Å². The van der Waals surface area contributed by atoms with Crippen molar-refractivity contribution in [3.05, 3.63) is 29.6 Å². The van der Waals surface area contributed by atoms with E-state index in [-0.39, 0.29) is 17.6 Å². The monoisotopic (exact) mass is 251 g/mol. The van der Waals surface area contributed by atoms with Crippen LogP contribution >= 0.6 is 0 Å². The number of hydrogen-bond acceptors (Lipinski definition) is 2. The van der Waals surface area contributed by atoms with Crippen molar-refractivity contribution in [2.45, 2.75) is 39.7 Å². The molecule has 1 aromatic rings. The Kier molecular flexibility index (Phi) is 3.62. The van der Waals surface area contributed by atoms with Gasteiger partial charge in [0.1, 0.15) is 11.6 Å². The van der Waals surface area contributed by atoms with Crippen molar-refractivity contribution in [2.75, 3.05) is 6.54 Å². The minimum atomic E-state index is -0.304.